The van der Waals surface area contributed by atoms with Gasteiger partial charge in [-0.1, -0.05) is 12.1 Å². The van der Waals surface area contributed by atoms with Crippen LogP contribution in [0, 0.1) is 19.7 Å². The van der Waals surface area contributed by atoms with Crippen LogP contribution in [0.4, 0.5) is 4.39 Å². The van der Waals surface area contributed by atoms with E-state index in [0.717, 1.165) is 28.9 Å². The molecule has 7 heteroatoms. The van der Waals surface area contributed by atoms with Gasteiger partial charge in [0.05, 0.1) is 17.7 Å². The standard InChI is InChI=1S/C22H31FN4O2/c1-16-20(17(2)25-24-16)13-21(28)27-11-4-9-22(29,10-12-27)15-26(3)14-18-5-7-19(23)8-6-18/h5-8,29H,4,9-15H2,1-3H3,(H,24,25)/t22-/m1/s1. The maximum atomic E-state index is 13.1. The van der Waals surface area contributed by atoms with Crippen molar-refractivity contribution in [3.8, 4) is 0 Å². The number of aliphatic hydroxyl groups is 1. The first-order chi connectivity index (χ1) is 13.8. The highest BCUT2D eigenvalue weighted by molar-refractivity contribution is 5.79. The van der Waals surface area contributed by atoms with Gasteiger partial charge in [0, 0.05) is 37.4 Å². The predicted molar refractivity (Wildman–Crippen MR) is 110 cm³/mol. The summed E-state index contributed by atoms with van der Waals surface area (Å²) < 4.78 is 13.1. The molecule has 2 N–H and O–H groups in total. The lowest BCUT2D eigenvalue weighted by Crippen LogP contribution is -2.42. The number of rotatable bonds is 6. The number of aromatic amines is 1. The molecule has 2 heterocycles. The van der Waals surface area contributed by atoms with E-state index in [9.17, 15) is 14.3 Å². The van der Waals surface area contributed by atoms with Crippen molar-refractivity contribution in [2.75, 3.05) is 26.7 Å². The van der Waals surface area contributed by atoms with Gasteiger partial charge < -0.3 is 10.0 Å². The zero-order valence-electron chi connectivity index (χ0n) is 17.5. The van der Waals surface area contributed by atoms with E-state index in [2.05, 4.69) is 15.1 Å². The second kappa shape index (κ2) is 9.05. The highest BCUT2D eigenvalue weighted by atomic mass is 19.1. The van der Waals surface area contributed by atoms with Gasteiger partial charge in [0.2, 0.25) is 5.91 Å². The minimum absolute atomic E-state index is 0.0847. The zero-order valence-corrected chi connectivity index (χ0v) is 17.5. The van der Waals surface area contributed by atoms with Gasteiger partial charge in [-0.2, -0.15) is 5.10 Å². The number of nitrogens with one attached hydrogen (secondary N) is 1. The van der Waals surface area contributed by atoms with Crippen molar-refractivity contribution in [1.82, 2.24) is 20.0 Å². The van der Waals surface area contributed by atoms with Crippen molar-refractivity contribution in [3.05, 3.63) is 52.6 Å². The van der Waals surface area contributed by atoms with E-state index in [1.54, 1.807) is 12.1 Å². The molecule has 3 rings (SSSR count). The summed E-state index contributed by atoms with van der Waals surface area (Å²) in [7, 11) is 1.96. The second-order valence-electron chi connectivity index (χ2n) is 8.35. The smallest absolute Gasteiger partial charge is 0.227 e. The summed E-state index contributed by atoms with van der Waals surface area (Å²) in [6.45, 7) is 6.22. The maximum Gasteiger partial charge on any atom is 0.227 e. The molecule has 2 aromatic rings. The molecule has 1 amide bonds. The largest absolute Gasteiger partial charge is 0.388 e. The number of carbonyl (C=O) groups excluding carboxylic acids is 1. The molecule has 1 aliphatic rings. The Morgan fingerprint density at radius 3 is 2.66 bits per heavy atom. The van der Waals surface area contributed by atoms with Gasteiger partial charge in [-0.15, -0.1) is 0 Å². The quantitative estimate of drug-likeness (QED) is 0.779. The van der Waals surface area contributed by atoms with Gasteiger partial charge in [0.1, 0.15) is 5.82 Å². The molecule has 1 saturated heterocycles. The number of carbonyl (C=O) groups is 1. The molecule has 0 aliphatic carbocycles. The summed E-state index contributed by atoms with van der Waals surface area (Å²) in [6.07, 6.45) is 2.33. The van der Waals surface area contributed by atoms with Crippen LogP contribution in [0.2, 0.25) is 0 Å². The third kappa shape index (κ3) is 5.64. The normalized spacial score (nSPS) is 20.1. The van der Waals surface area contributed by atoms with Gasteiger partial charge in [0.15, 0.2) is 0 Å². The fourth-order valence-corrected chi connectivity index (χ4v) is 4.14. The number of likely N-dealkylation sites (N-methyl/N-ethyl adjacent to an activating group) is 1. The minimum atomic E-state index is -0.828. The Hall–Kier alpha value is -2.25. The maximum absolute atomic E-state index is 13.1. The van der Waals surface area contributed by atoms with Crippen LogP contribution in [0.15, 0.2) is 24.3 Å². The Bertz CT molecular complexity index is 816. The summed E-state index contributed by atoms with van der Waals surface area (Å²) >= 11 is 0. The van der Waals surface area contributed by atoms with Crippen LogP contribution < -0.4 is 0 Å². The van der Waals surface area contributed by atoms with Crippen LogP contribution in [-0.4, -0.2) is 63.3 Å². The van der Waals surface area contributed by atoms with Crippen molar-refractivity contribution in [3.63, 3.8) is 0 Å². The molecule has 0 saturated carbocycles. The first-order valence-corrected chi connectivity index (χ1v) is 10.2. The Kier molecular flexibility index (Phi) is 6.70. The van der Waals surface area contributed by atoms with E-state index in [1.165, 1.54) is 12.1 Å². The minimum Gasteiger partial charge on any atom is -0.388 e. The van der Waals surface area contributed by atoms with Crippen molar-refractivity contribution in [1.29, 1.82) is 0 Å². The van der Waals surface area contributed by atoms with Gasteiger partial charge >= 0.3 is 0 Å². The van der Waals surface area contributed by atoms with E-state index in [-0.39, 0.29) is 11.7 Å². The molecule has 1 atom stereocenters. The van der Waals surface area contributed by atoms with Crippen LogP contribution in [-0.2, 0) is 17.8 Å². The fourth-order valence-electron chi connectivity index (χ4n) is 4.14. The lowest BCUT2D eigenvalue weighted by molar-refractivity contribution is -0.130. The summed E-state index contributed by atoms with van der Waals surface area (Å²) in [6, 6.07) is 6.44. The number of benzene rings is 1. The highest BCUT2D eigenvalue weighted by Gasteiger charge is 2.32. The Morgan fingerprint density at radius 2 is 2.00 bits per heavy atom. The van der Waals surface area contributed by atoms with Crippen LogP contribution >= 0.6 is 0 Å². The summed E-state index contributed by atoms with van der Waals surface area (Å²) in [5.41, 5.74) is 2.95. The van der Waals surface area contributed by atoms with Crippen molar-refractivity contribution in [2.45, 2.75) is 51.7 Å². The first kappa shape index (κ1) is 21.5. The molecule has 0 bridgehead atoms. The zero-order chi connectivity index (χ0) is 21.0. The topological polar surface area (TPSA) is 72.5 Å². The Labute approximate surface area is 171 Å². The fraction of sp³-hybridized carbons (Fsp3) is 0.545. The molecule has 158 valence electrons. The molecular weight excluding hydrogens is 371 g/mol. The van der Waals surface area contributed by atoms with Crippen LogP contribution in [0.3, 0.4) is 0 Å². The summed E-state index contributed by atoms with van der Waals surface area (Å²) in [5, 5.41) is 18.2. The van der Waals surface area contributed by atoms with Crippen molar-refractivity contribution >= 4 is 5.91 Å². The molecule has 0 spiro atoms. The number of halogens is 1. The molecule has 1 aromatic heterocycles. The SMILES string of the molecule is Cc1n[nH]c(C)c1CC(=O)N1CCC[C@](O)(CN(C)Cc2ccc(F)cc2)CC1. The predicted octanol–water partition coefficient (Wildman–Crippen LogP) is 2.58. The van der Waals surface area contributed by atoms with Crippen LogP contribution in [0.1, 0.15) is 41.8 Å². The van der Waals surface area contributed by atoms with Crippen LogP contribution in [0.5, 0.6) is 0 Å². The lowest BCUT2D eigenvalue weighted by Gasteiger charge is -2.31. The summed E-state index contributed by atoms with van der Waals surface area (Å²) in [5.74, 6) is -0.161. The molecule has 0 unspecified atom stereocenters. The lowest BCUT2D eigenvalue weighted by atomic mass is 9.94. The average Bonchev–Trinajstić information content (AvgIpc) is 2.87. The number of H-pyrrole nitrogens is 1. The third-order valence-electron chi connectivity index (χ3n) is 5.81. The second-order valence-corrected chi connectivity index (χ2v) is 8.35. The molecule has 1 aliphatic heterocycles. The monoisotopic (exact) mass is 402 g/mol. The van der Waals surface area contributed by atoms with Gasteiger partial charge in [-0.05, 0) is 57.9 Å². The van der Waals surface area contributed by atoms with E-state index in [1.807, 2.05) is 25.8 Å². The highest BCUT2D eigenvalue weighted by Crippen LogP contribution is 2.25. The third-order valence-corrected chi connectivity index (χ3v) is 5.81. The molecule has 6 nitrogen and oxygen atoms in total. The molecule has 1 fully saturated rings. The van der Waals surface area contributed by atoms with Gasteiger partial charge in [0.25, 0.3) is 0 Å². The Morgan fingerprint density at radius 1 is 1.28 bits per heavy atom. The molecule has 29 heavy (non-hydrogen) atoms. The van der Waals surface area contributed by atoms with E-state index in [0.29, 0.717) is 45.4 Å². The number of hydrogen-bond acceptors (Lipinski definition) is 4. The average molecular weight is 403 g/mol. The molecular formula is C22H31FN4O2. The summed E-state index contributed by atoms with van der Waals surface area (Å²) in [4.78, 5) is 16.7. The number of aryl methyl sites for hydroxylation is 2. The van der Waals surface area contributed by atoms with Gasteiger partial charge in [-0.25, -0.2) is 4.39 Å². The number of nitrogens with zero attached hydrogens (tertiary/aromatic N) is 3. The van der Waals surface area contributed by atoms with E-state index >= 15 is 0 Å². The number of amides is 1. The number of aromatic nitrogens is 2. The first-order valence-electron chi connectivity index (χ1n) is 10.2. The van der Waals surface area contributed by atoms with Crippen molar-refractivity contribution in [2.24, 2.45) is 0 Å². The number of hydrogen-bond donors (Lipinski definition) is 2. The van der Waals surface area contributed by atoms with Crippen LogP contribution in [0.25, 0.3) is 0 Å². The van der Waals surface area contributed by atoms with E-state index in [4.69, 9.17) is 0 Å². The van der Waals surface area contributed by atoms with Gasteiger partial charge in [-0.3, -0.25) is 14.8 Å². The number of likely N-dealkylation sites (tertiary alicyclic amines) is 1. The molecule has 1 aromatic carbocycles. The van der Waals surface area contributed by atoms with E-state index < -0.39 is 5.60 Å². The molecule has 0 radical (unpaired) electrons. The van der Waals surface area contributed by atoms with Crippen molar-refractivity contribution < 1.29 is 14.3 Å². The Balaban J connectivity index is 1.55.